The number of carbonyl (C=O) groups is 1. The molecular weight excluding hydrogens is 136 g/mol. The van der Waals surface area contributed by atoms with E-state index in [1.54, 1.807) is 6.92 Å². The first-order valence-electron chi connectivity index (χ1n) is 4.16. The Bertz CT molecular complexity index is 254. The van der Waals surface area contributed by atoms with Crippen LogP contribution in [0.2, 0.25) is 0 Å². The maximum Gasteiger partial charge on any atom is 0.120 e. The van der Waals surface area contributed by atoms with Gasteiger partial charge in [-0.05, 0) is 11.5 Å². The molecule has 0 N–H and O–H groups in total. The van der Waals surface area contributed by atoms with Crippen LogP contribution in [0.1, 0.15) is 26.2 Å². The first-order valence-corrected chi connectivity index (χ1v) is 3.66. The van der Waals surface area contributed by atoms with Gasteiger partial charge in [-0.3, -0.25) is 0 Å². The van der Waals surface area contributed by atoms with E-state index in [1.807, 2.05) is 30.3 Å². The van der Waals surface area contributed by atoms with E-state index in [0.717, 1.165) is 11.8 Å². The van der Waals surface area contributed by atoms with Crippen LogP contribution in [0.15, 0.2) is 30.3 Å². The van der Waals surface area contributed by atoms with E-state index >= 15 is 0 Å². The molecule has 0 saturated carbocycles. The molecule has 0 spiro atoms. The summed E-state index contributed by atoms with van der Waals surface area (Å²) in [6.45, 7) is 1.75. The van der Waals surface area contributed by atoms with E-state index in [4.69, 9.17) is 1.37 Å². The van der Waals surface area contributed by atoms with Gasteiger partial charge in [-0.15, -0.1) is 0 Å². The van der Waals surface area contributed by atoms with Crippen LogP contribution < -0.4 is 0 Å². The minimum atomic E-state index is -0.775. The van der Waals surface area contributed by atoms with E-state index < -0.39 is 5.89 Å². The number of hydrogen-bond acceptors (Lipinski definition) is 1. The Morgan fingerprint density at radius 3 is 2.73 bits per heavy atom. The first kappa shape index (κ1) is 6.59. The van der Waals surface area contributed by atoms with Gasteiger partial charge in [0.15, 0.2) is 0 Å². The minimum Gasteiger partial charge on any atom is -0.303 e. The van der Waals surface area contributed by atoms with E-state index in [2.05, 4.69) is 0 Å². The van der Waals surface area contributed by atoms with E-state index in [9.17, 15) is 4.79 Å². The molecule has 0 aromatic heterocycles. The average Bonchev–Trinajstić information content (AvgIpc) is 2.06. The van der Waals surface area contributed by atoms with Crippen molar-refractivity contribution in [3.05, 3.63) is 35.9 Å². The maximum absolute atomic E-state index is 10.3. The highest BCUT2D eigenvalue weighted by atomic mass is 16.1. The third-order valence-electron chi connectivity index (χ3n) is 1.66. The minimum absolute atomic E-state index is 0.247. The quantitative estimate of drug-likeness (QED) is 0.603. The Kier molecular flexibility index (Phi) is 2.35. The molecule has 58 valence electrons. The largest absolute Gasteiger partial charge is 0.303 e. The van der Waals surface area contributed by atoms with Crippen LogP contribution >= 0.6 is 0 Å². The maximum atomic E-state index is 10.3. The molecule has 0 amide bonds. The zero-order valence-electron chi connectivity index (χ0n) is 7.58. The third-order valence-corrected chi connectivity index (χ3v) is 1.66. The Labute approximate surface area is 68.5 Å². The smallest absolute Gasteiger partial charge is 0.120 e. The van der Waals surface area contributed by atoms with Gasteiger partial charge in [-0.2, -0.15) is 0 Å². The fourth-order valence-electron chi connectivity index (χ4n) is 0.966. The molecule has 0 unspecified atom stereocenters. The van der Waals surface area contributed by atoms with E-state index in [1.165, 1.54) is 0 Å². The zero-order valence-corrected chi connectivity index (χ0v) is 6.58. The van der Waals surface area contributed by atoms with Crippen molar-refractivity contribution in [2.24, 2.45) is 0 Å². The summed E-state index contributed by atoms with van der Waals surface area (Å²) in [6.07, 6.45) is 1.04. The predicted molar refractivity (Wildman–Crippen MR) is 45.5 cm³/mol. The first-order chi connectivity index (χ1) is 5.67. The monoisotopic (exact) mass is 149 g/mol. The van der Waals surface area contributed by atoms with Crippen molar-refractivity contribution in [2.45, 2.75) is 19.2 Å². The molecule has 11 heavy (non-hydrogen) atoms. The SMILES string of the molecule is [2H][C@](C)(CC=O)c1ccccc1. The van der Waals surface area contributed by atoms with Crippen molar-refractivity contribution < 1.29 is 6.17 Å². The van der Waals surface area contributed by atoms with Crippen molar-refractivity contribution in [3.63, 3.8) is 0 Å². The van der Waals surface area contributed by atoms with Crippen molar-refractivity contribution >= 4 is 6.29 Å². The number of rotatable bonds is 3. The van der Waals surface area contributed by atoms with Crippen molar-refractivity contribution in [2.75, 3.05) is 0 Å². The highest BCUT2D eigenvalue weighted by Gasteiger charge is 2.01. The summed E-state index contributed by atoms with van der Waals surface area (Å²) in [5.74, 6) is -0.775. The van der Waals surface area contributed by atoms with E-state index in [-0.39, 0.29) is 6.42 Å². The molecule has 1 atom stereocenters. The molecule has 1 aromatic rings. The fraction of sp³-hybridized carbons (Fsp3) is 0.300. The number of aldehydes is 1. The van der Waals surface area contributed by atoms with Crippen LogP contribution in [0.25, 0.3) is 0 Å². The van der Waals surface area contributed by atoms with Crippen molar-refractivity contribution in [1.29, 1.82) is 0 Å². The molecule has 0 bridgehead atoms. The van der Waals surface area contributed by atoms with Crippen LogP contribution in [0, 0.1) is 0 Å². The molecule has 1 heteroatoms. The molecule has 0 heterocycles. The molecule has 1 rings (SSSR count). The van der Waals surface area contributed by atoms with Crippen LogP contribution in [-0.2, 0) is 4.79 Å². The fourth-order valence-corrected chi connectivity index (χ4v) is 0.966. The number of benzene rings is 1. The van der Waals surface area contributed by atoms with Gasteiger partial charge in [-0.25, -0.2) is 0 Å². The van der Waals surface area contributed by atoms with Crippen LogP contribution in [0.3, 0.4) is 0 Å². The summed E-state index contributed by atoms with van der Waals surface area (Å²) in [6, 6.07) is 9.41. The average molecular weight is 149 g/mol. The standard InChI is InChI=1S/C10H12O/c1-9(7-8-11)10-5-3-2-4-6-10/h2-6,8-9H,7H2,1H3/t9-/m0/s1/i9D. The molecule has 0 aliphatic carbocycles. The molecule has 1 aromatic carbocycles. The Balaban J connectivity index is 2.89. The second-order valence-electron chi connectivity index (χ2n) is 2.52. The normalized spacial score (nSPS) is 16.6. The predicted octanol–water partition coefficient (Wildman–Crippen LogP) is 2.38. The molecule has 1 nitrogen and oxygen atoms in total. The highest BCUT2D eigenvalue weighted by molar-refractivity contribution is 5.51. The van der Waals surface area contributed by atoms with Gasteiger partial charge >= 0.3 is 0 Å². The van der Waals surface area contributed by atoms with Gasteiger partial charge in [-0.1, -0.05) is 37.3 Å². The van der Waals surface area contributed by atoms with Crippen molar-refractivity contribution in [1.82, 2.24) is 0 Å². The van der Waals surface area contributed by atoms with Gasteiger partial charge in [0.05, 0.1) is 0 Å². The molecule has 0 saturated heterocycles. The van der Waals surface area contributed by atoms with Crippen LogP contribution in [0.5, 0.6) is 0 Å². The summed E-state index contributed by atoms with van der Waals surface area (Å²) < 4.78 is 7.84. The topological polar surface area (TPSA) is 17.1 Å². The lowest BCUT2D eigenvalue weighted by molar-refractivity contribution is -0.108. The summed E-state index contributed by atoms with van der Waals surface area (Å²) in [4.78, 5) is 10.3. The third kappa shape index (κ3) is 2.19. The van der Waals surface area contributed by atoms with Crippen LogP contribution in [-0.4, -0.2) is 6.29 Å². The molecule has 0 fully saturated rings. The Morgan fingerprint density at radius 2 is 2.18 bits per heavy atom. The summed E-state index contributed by atoms with van der Waals surface area (Å²) in [5.41, 5.74) is 0.886. The molecule has 0 radical (unpaired) electrons. The zero-order chi connectivity index (χ0) is 9.03. The van der Waals surface area contributed by atoms with Gasteiger partial charge < -0.3 is 4.79 Å². The lowest BCUT2D eigenvalue weighted by Gasteiger charge is -2.06. The Hall–Kier alpha value is -1.11. The summed E-state index contributed by atoms with van der Waals surface area (Å²) >= 11 is 0. The van der Waals surface area contributed by atoms with Gasteiger partial charge in [0.2, 0.25) is 0 Å². The number of hydrogen-bond donors (Lipinski definition) is 0. The number of carbonyl (C=O) groups excluding carboxylic acids is 1. The van der Waals surface area contributed by atoms with Gasteiger partial charge in [0.25, 0.3) is 0 Å². The molecular formula is C10H12O. The van der Waals surface area contributed by atoms with Gasteiger partial charge in [0, 0.05) is 7.79 Å². The lowest BCUT2D eigenvalue weighted by Crippen LogP contribution is -1.92. The second kappa shape index (κ2) is 3.91. The summed E-state index contributed by atoms with van der Waals surface area (Å²) in [7, 11) is 0. The Morgan fingerprint density at radius 1 is 1.55 bits per heavy atom. The summed E-state index contributed by atoms with van der Waals surface area (Å²) in [5, 5.41) is 0. The second-order valence-corrected chi connectivity index (χ2v) is 2.52. The molecule has 0 aliphatic heterocycles. The van der Waals surface area contributed by atoms with Crippen LogP contribution in [0.4, 0.5) is 0 Å². The van der Waals surface area contributed by atoms with E-state index in [0.29, 0.717) is 0 Å². The van der Waals surface area contributed by atoms with Crippen molar-refractivity contribution in [3.8, 4) is 0 Å². The van der Waals surface area contributed by atoms with Gasteiger partial charge in [0.1, 0.15) is 6.29 Å². The highest BCUT2D eigenvalue weighted by Crippen LogP contribution is 2.16. The molecule has 0 aliphatic rings. The lowest BCUT2D eigenvalue weighted by atomic mass is 9.99.